The summed E-state index contributed by atoms with van der Waals surface area (Å²) < 4.78 is 17.3. The Kier molecular flexibility index (Phi) is 5.35. The number of benzene rings is 2. The third kappa shape index (κ3) is 4.00. The lowest BCUT2D eigenvalue weighted by Crippen LogP contribution is -2.20. The van der Waals surface area contributed by atoms with Gasteiger partial charge in [-0.1, -0.05) is 29.5 Å². The van der Waals surface area contributed by atoms with Gasteiger partial charge in [0.05, 0.1) is 18.4 Å². The number of ether oxygens (including phenoxy) is 3. The van der Waals surface area contributed by atoms with E-state index in [2.05, 4.69) is 10.3 Å². The Morgan fingerprint density at radius 3 is 2.52 bits per heavy atom. The van der Waals surface area contributed by atoms with Crippen LogP contribution in [0.3, 0.4) is 0 Å². The van der Waals surface area contributed by atoms with Gasteiger partial charge in [-0.05, 0) is 31.2 Å². The Balaban J connectivity index is 1.65. The molecule has 3 aromatic rings. The molecule has 0 aliphatic heterocycles. The fraction of sp³-hybridized carbons (Fsp3) is 0.222. The quantitative estimate of drug-likeness (QED) is 0.697. The minimum atomic E-state index is -0.288. The monoisotopic (exact) mass is 358 g/mol. The van der Waals surface area contributed by atoms with Gasteiger partial charge in [0.1, 0.15) is 11.3 Å². The fourth-order valence-corrected chi connectivity index (χ4v) is 3.18. The highest BCUT2D eigenvalue weighted by Gasteiger charge is 2.12. The maximum absolute atomic E-state index is 12.1. The molecule has 0 saturated carbocycles. The van der Waals surface area contributed by atoms with E-state index in [0.717, 1.165) is 10.2 Å². The van der Waals surface area contributed by atoms with Crippen LogP contribution < -0.4 is 19.5 Å². The third-order valence-corrected chi connectivity index (χ3v) is 4.29. The lowest BCUT2D eigenvalue weighted by Gasteiger charge is -2.10. The molecule has 0 spiro atoms. The molecular formula is C18H18N2O4S. The molecular weight excluding hydrogens is 340 g/mol. The van der Waals surface area contributed by atoms with Gasteiger partial charge >= 0.3 is 0 Å². The number of rotatable bonds is 7. The van der Waals surface area contributed by atoms with E-state index in [9.17, 15) is 4.79 Å². The minimum Gasteiger partial charge on any atom is -0.494 e. The third-order valence-electron chi connectivity index (χ3n) is 3.36. The number of methoxy groups -OCH3 is 1. The number of para-hydroxylation sites is 3. The Morgan fingerprint density at radius 1 is 1.08 bits per heavy atom. The summed E-state index contributed by atoms with van der Waals surface area (Å²) in [7, 11) is 1.59. The first-order chi connectivity index (χ1) is 12.2. The highest BCUT2D eigenvalue weighted by atomic mass is 32.1. The molecule has 3 rings (SSSR count). The second kappa shape index (κ2) is 7.85. The van der Waals surface area contributed by atoms with Crippen LogP contribution in [0.1, 0.15) is 6.92 Å². The topological polar surface area (TPSA) is 69.7 Å². The summed E-state index contributed by atoms with van der Waals surface area (Å²) in [5, 5.41) is 3.26. The van der Waals surface area contributed by atoms with Crippen molar-refractivity contribution in [2.45, 2.75) is 6.92 Å². The molecule has 0 bridgehead atoms. The number of fused-ring (bicyclic) bond motifs is 1. The summed E-state index contributed by atoms with van der Waals surface area (Å²) >= 11 is 1.38. The number of aromatic nitrogens is 1. The number of carbonyl (C=O) groups is 1. The van der Waals surface area contributed by atoms with Crippen molar-refractivity contribution in [1.29, 1.82) is 0 Å². The number of anilines is 1. The predicted molar refractivity (Wildman–Crippen MR) is 97.9 cm³/mol. The summed E-state index contributed by atoms with van der Waals surface area (Å²) in [5.41, 5.74) is 0.730. The van der Waals surface area contributed by atoms with Crippen LogP contribution in [-0.2, 0) is 4.79 Å². The van der Waals surface area contributed by atoms with Crippen molar-refractivity contribution in [2.75, 3.05) is 25.6 Å². The molecule has 130 valence electrons. The van der Waals surface area contributed by atoms with Crippen LogP contribution in [0, 0.1) is 0 Å². The van der Waals surface area contributed by atoms with Crippen molar-refractivity contribution in [3.63, 3.8) is 0 Å². The van der Waals surface area contributed by atoms with Gasteiger partial charge in [-0.2, -0.15) is 0 Å². The van der Waals surface area contributed by atoms with Crippen molar-refractivity contribution in [2.24, 2.45) is 0 Å². The van der Waals surface area contributed by atoms with Crippen molar-refractivity contribution < 1.29 is 19.0 Å². The second-order valence-electron chi connectivity index (χ2n) is 5.04. The van der Waals surface area contributed by atoms with Crippen molar-refractivity contribution in [3.05, 3.63) is 42.5 Å². The van der Waals surface area contributed by atoms with E-state index in [1.165, 1.54) is 11.3 Å². The smallest absolute Gasteiger partial charge is 0.264 e. The van der Waals surface area contributed by atoms with Crippen molar-refractivity contribution in [1.82, 2.24) is 4.98 Å². The van der Waals surface area contributed by atoms with Gasteiger partial charge in [-0.15, -0.1) is 0 Å². The number of thiazole rings is 1. The van der Waals surface area contributed by atoms with Gasteiger partial charge in [0.25, 0.3) is 5.91 Å². The molecule has 1 heterocycles. The standard InChI is InChI=1S/C18H18N2O4S/c1-3-23-12-7-4-5-8-13(12)24-11-16(21)19-18-20-17-14(22-2)9-6-10-15(17)25-18/h4-10H,3,11H2,1-2H3,(H,19,20,21). The van der Waals surface area contributed by atoms with Crippen molar-refractivity contribution >= 4 is 32.6 Å². The zero-order valence-electron chi connectivity index (χ0n) is 13.9. The van der Waals surface area contributed by atoms with Crippen LogP contribution in [0.5, 0.6) is 17.2 Å². The molecule has 1 N–H and O–H groups in total. The first-order valence-electron chi connectivity index (χ1n) is 7.79. The van der Waals surface area contributed by atoms with E-state index < -0.39 is 0 Å². The summed E-state index contributed by atoms with van der Waals surface area (Å²) in [6.07, 6.45) is 0. The number of nitrogens with one attached hydrogen (secondary N) is 1. The number of nitrogens with zero attached hydrogens (tertiary/aromatic N) is 1. The van der Waals surface area contributed by atoms with Crippen LogP contribution >= 0.6 is 11.3 Å². The predicted octanol–water partition coefficient (Wildman–Crippen LogP) is 3.72. The lowest BCUT2D eigenvalue weighted by molar-refractivity contribution is -0.118. The van der Waals surface area contributed by atoms with Gasteiger partial charge in [0.2, 0.25) is 0 Å². The zero-order valence-corrected chi connectivity index (χ0v) is 14.8. The van der Waals surface area contributed by atoms with Gasteiger partial charge in [0, 0.05) is 0 Å². The average Bonchev–Trinajstić information content (AvgIpc) is 3.03. The lowest BCUT2D eigenvalue weighted by atomic mass is 10.3. The molecule has 25 heavy (non-hydrogen) atoms. The van der Waals surface area contributed by atoms with Crippen LogP contribution in [0.2, 0.25) is 0 Å². The molecule has 2 aromatic carbocycles. The van der Waals surface area contributed by atoms with Crippen LogP contribution in [-0.4, -0.2) is 31.2 Å². The van der Waals surface area contributed by atoms with E-state index in [0.29, 0.717) is 29.0 Å². The van der Waals surface area contributed by atoms with E-state index in [4.69, 9.17) is 14.2 Å². The minimum absolute atomic E-state index is 0.128. The average molecular weight is 358 g/mol. The molecule has 0 atom stereocenters. The largest absolute Gasteiger partial charge is 0.494 e. The summed E-state index contributed by atoms with van der Waals surface area (Å²) in [4.78, 5) is 16.6. The Labute approximate surface area is 149 Å². The number of hydrogen-bond acceptors (Lipinski definition) is 6. The maximum atomic E-state index is 12.1. The number of amides is 1. The van der Waals surface area contributed by atoms with Gasteiger partial charge < -0.3 is 14.2 Å². The second-order valence-corrected chi connectivity index (χ2v) is 6.07. The SMILES string of the molecule is CCOc1ccccc1OCC(=O)Nc1nc2c(OC)cccc2s1. The van der Waals surface area contributed by atoms with Crippen LogP contribution in [0.4, 0.5) is 5.13 Å². The molecule has 0 aliphatic rings. The first kappa shape index (κ1) is 17.0. The highest BCUT2D eigenvalue weighted by molar-refractivity contribution is 7.22. The Hall–Kier alpha value is -2.80. The van der Waals surface area contributed by atoms with Crippen LogP contribution in [0.15, 0.2) is 42.5 Å². The zero-order chi connectivity index (χ0) is 17.6. The van der Waals surface area contributed by atoms with E-state index >= 15 is 0 Å². The molecule has 0 fully saturated rings. The first-order valence-corrected chi connectivity index (χ1v) is 8.61. The molecule has 0 aliphatic carbocycles. The molecule has 0 saturated heterocycles. The van der Waals surface area contributed by atoms with E-state index in [1.807, 2.05) is 37.3 Å². The molecule has 1 amide bonds. The highest BCUT2D eigenvalue weighted by Crippen LogP contribution is 2.32. The summed E-state index contributed by atoms with van der Waals surface area (Å²) in [5.74, 6) is 1.54. The van der Waals surface area contributed by atoms with Gasteiger partial charge in [-0.3, -0.25) is 10.1 Å². The van der Waals surface area contributed by atoms with Gasteiger partial charge in [0.15, 0.2) is 23.2 Å². The molecule has 7 heteroatoms. The van der Waals surface area contributed by atoms with Crippen LogP contribution in [0.25, 0.3) is 10.2 Å². The van der Waals surface area contributed by atoms with E-state index in [1.54, 1.807) is 19.2 Å². The number of carbonyl (C=O) groups excluding carboxylic acids is 1. The Morgan fingerprint density at radius 2 is 1.80 bits per heavy atom. The summed E-state index contributed by atoms with van der Waals surface area (Å²) in [6.45, 7) is 2.29. The normalized spacial score (nSPS) is 10.5. The van der Waals surface area contributed by atoms with E-state index in [-0.39, 0.29) is 12.5 Å². The molecule has 6 nitrogen and oxygen atoms in total. The molecule has 0 radical (unpaired) electrons. The van der Waals surface area contributed by atoms with Crippen molar-refractivity contribution in [3.8, 4) is 17.2 Å². The Bertz CT molecular complexity index is 878. The molecule has 1 aromatic heterocycles. The number of hydrogen-bond donors (Lipinski definition) is 1. The molecule has 0 unspecified atom stereocenters. The maximum Gasteiger partial charge on any atom is 0.264 e. The fourth-order valence-electron chi connectivity index (χ4n) is 2.28. The van der Waals surface area contributed by atoms with Gasteiger partial charge in [-0.25, -0.2) is 4.98 Å². The summed E-state index contributed by atoms with van der Waals surface area (Å²) in [6, 6.07) is 12.9.